The highest BCUT2D eigenvalue weighted by Crippen LogP contribution is 2.37. The fraction of sp³-hybridized carbons (Fsp3) is 0.400. The van der Waals surface area contributed by atoms with Crippen LogP contribution in [0.15, 0.2) is 0 Å². The van der Waals surface area contributed by atoms with Crippen LogP contribution >= 0.6 is 46.3 Å². The third kappa shape index (κ3) is 3.45. The number of aliphatic carboxylic acids is 1. The number of carboxylic acid groups (broad SMARTS) is 1. The quantitative estimate of drug-likeness (QED) is 0.853. The lowest BCUT2D eigenvalue weighted by atomic mass is 10.7. The highest BCUT2D eigenvalue weighted by molar-refractivity contribution is 7.07. The van der Waals surface area contributed by atoms with Crippen molar-refractivity contribution in [3.05, 3.63) is 5.82 Å². The van der Waals surface area contributed by atoms with E-state index in [9.17, 15) is 4.79 Å². The zero-order chi connectivity index (χ0) is 10.8. The monoisotopic (exact) mass is 276 g/mol. The number of alkyl halides is 3. The van der Waals surface area contributed by atoms with Gasteiger partial charge in [-0.05, 0) is 0 Å². The Balaban J connectivity index is 2.64. The second-order valence-corrected chi connectivity index (χ2v) is 5.06. The molecule has 0 saturated carbocycles. The van der Waals surface area contributed by atoms with E-state index in [1.165, 1.54) is 0 Å². The van der Waals surface area contributed by atoms with Crippen LogP contribution in [0.3, 0.4) is 0 Å². The molecule has 0 radical (unpaired) electrons. The molecule has 0 atom stereocenters. The maximum absolute atomic E-state index is 10.1. The van der Waals surface area contributed by atoms with E-state index in [1.807, 2.05) is 0 Å². The molecule has 78 valence electrons. The van der Waals surface area contributed by atoms with Gasteiger partial charge < -0.3 is 9.84 Å². The lowest BCUT2D eigenvalue weighted by Gasteiger charge is -2.03. The topological polar surface area (TPSA) is 72.3 Å². The average Bonchev–Trinajstić information content (AvgIpc) is 2.47. The van der Waals surface area contributed by atoms with Gasteiger partial charge in [-0.3, -0.25) is 0 Å². The SMILES string of the molecule is O=C(O)COc1nc(C(Cl)(Cl)Cl)ns1. The molecule has 0 aliphatic heterocycles. The third-order valence-electron chi connectivity index (χ3n) is 0.980. The summed E-state index contributed by atoms with van der Waals surface area (Å²) in [5.74, 6) is -1.15. The number of halogens is 3. The highest BCUT2D eigenvalue weighted by Gasteiger charge is 2.28. The van der Waals surface area contributed by atoms with E-state index < -0.39 is 16.4 Å². The molecule has 0 fully saturated rings. The molecule has 1 rings (SSSR count). The van der Waals surface area contributed by atoms with Crippen LogP contribution < -0.4 is 4.74 Å². The first-order chi connectivity index (χ1) is 6.39. The summed E-state index contributed by atoms with van der Waals surface area (Å²) in [6.07, 6.45) is 0. The van der Waals surface area contributed by atoms with E-state index in [0.717, 1.165) is 11.5 Å². The summed E-state index contributed by atoms with van der Waals surface area (Å²) < 4.78 is 6.67. The average molecular weight is 278 g/mol. The van der Waals surface area contributed by atoms with E-state index in [0.29, 0.717) is 0 Å². The van der Waals surface area contributed by atoms with Gasteiger partial charge in [0.2, 0.25) is 0 Å². The first-order valence-corrected chi connectivity index (χ1v) is 5.06. The van der Waals surface area contributed by atoms with Crippen molar-refractivity contribution in [2.24, 2.45) is 0 Å². The molecule has 1 aromatic heterocycles. The molecule has 9 heteroatoms. The first-order valence-electron chi connectivity index (χ1n) is 3.15. The Morgan fingerprint density at radius 2 is 2.21 bits per heavy atom. The van der Waals surface area contributed by atoms with Crippen LogP contribution in [0.4, 0.5) is 0 Å². The summed E-state index contributed by atoms with van der Waals surface area (Å²) in [4.78, 5) is 13.8. The Morgan fingerprint density at radius 3 is 2.64 bits per heavy atom. The molecule has 1 N–H and O–H groups in total. The van der Waals surface area contributed by atoms with Gasteiger partial charge >= 0.3 is 5.97 Å². The maximum atomic E-state index is 10.1. The number of hydrogen-bond acceptors (Lipinski definition) is 5. The summed E-state index contributed by atoms with van der Waals surface area (Å²) in [5.41, 5.74) is 0. The van der Waals surface area contributed by atoms with Gasteiger partial charge in [-0.1, -0.05) is 34.8 Å². The van der Waals surface area contributed by atoms with Crippen molar-refractivity contribution in [3.8, 4) is 5.19 Å². The molecule has 0 saturated heterocycles. The minimum Gasteiger partial charge on any atom is -0.479 e. The van der Waals surface area contributed by atoms with Crippen LogP contribution in [0.1, 0.15) is 5.82 Å². The van der Waals surface area contributed by atoms with Gasteiger partial charge in [0.15, 0.2) is 12.4 Å². The van der Waals surface area contributed by atoms with Gasteiger partial charge in [-0.25, -0.2) is 4.79 Å². The summed E-state index contributed by atoms with van der Waals surface area (Å²) in [6, 6.07) is 0. The Hall–Kier alpha value is -0.300. The van der Waals surface area contributed by atoms with Crippen molar-refractivity contribution in [2.75, 3.05) is 6.61 Å². The molecule has 1 aromatic rings. The molecular weight excluding hydrogens is 274 g/mol. The van der Waals surface area contributed by atoms with Crippen molar-refractivity contribution in [2.45, 2.75) is 3.79 Å². The van der Waals surface area contributed by atoms with Gasteiger partial charge in [0.25, 0.3) is 8.99 Å². The number of rotatable bonds is 3. The lowest BCUT2D eigenvalue weighted by Crippen LogP contribution is -2.09. The molecule has 5 nitrogen and oxygen atoms in total. The number of aromatic nitrogens is 2. The zero-order valence-electron chi connectivity index (χ0n) is 6.41. The van der Waals surface area contributed by atoms with E-state index >= 15 is 0 Å². The van der Waals surface area contributed by atoms with E-state index in [-0.39, 0.29) is 11.0 Å². The van der Waals surface area contributed by atoms with Gasteiger partial charge in [0.1, 0.15) is 0 Å². The van der Waals surface area contributed by atoms with Gasteiger partial charge in [-0.2, -0.15) is 9.36 Å². The fourth-order valence-electron chi connectivity index (χ4n) is 0.507. The molecular formula is C5H3Cl3N2O3S. The highest BCUT2D eigenvalue weighted by atomic mass is 35.6. The summed E-state index contributed by atoms with van der Waals surface area (Å²) in [5, 5.41) is 8.34. The largest absolute Gasteiger partial charge is 0.479 e. The van der Waals surface area contributed by atoms with E-state index in [4.69, 9.17) is 44.6 Å². The normalized spacial score (nSPS) is 11.4. The van der Waals surface area contributed by atoms with E-state index in [2.05, 4.69) is 9.36 Å². The van der Waals surface area contributed by atoms with Crippen LogP contribution in [0, 0.1) is 0 Å². The van der Waals surface area contributed by atoms with Crippen molar-refractivity contribution in [3.63, 3.8) is 0 Å². The predicted octanol–water partition coefficient (Wildman–Crippen LogP) is 1.83. The summed E-state index contributed by atoms with van der Waals surface area (Å²) >= 11 is 17.2. The van der Waals surface area contributed by atoms with Crippen LogP contribution in [0.5, 0.6) is 5.19 Å². The van der Waals surface area contributed by atoms with Crippen LogP contribution in [0.2, 0.25) is 0 Å². The van der Waals surface area contributed by atoms with E-state index in [1.54, 1.807) is 0 Å². The molecule has 0 bridgehead atoms. The molecule has 0 aliphatic rings. The van der Waals surface area contributed by atoms with Gasteiger partial charge in [-0.15, -0.1) is 0 Å². The zero-order valence-corrected chi connectivity index (χ0v) is 9.49. The minimum atomic E-state index is -1.72. The van der Waals surface area contributed by atoms with Crippen molar-refractivity contribution < 1.29 is 14.6 Å². The Kier molecular flexibility index (Phi) is 3.77. The summed E-state index contributed by atoms with van der Waals surface area (Å²) in [7, 11) is 0. The standard InChI is InChI=1S/C5H3Cl3N2O3S/c6-5(7,8)3-9-4(14-10-3)13-1-2(11)12/h1H2,(H,11,12). The van der Waals surface area contributed by atoms with Gasteiger partial charge in [0, 0.05) is 11.5 Å². The molecule has 0 unspecified atom stereocenters. The van der Waals surface area contributed by atoms with Crippen molar-refractivity contribution in [1.82, 2.24) is 9.36 Å². The van der Waals surface area contributed by atoms with Crippen LogP contribution in [-0.2, 0) is 8.59 Å². The van der Waals surface area contributed by atoms with Crippen molar-refractivity contribution >= 4 is 52.3 Å². The first kappa shape index (κ1) is 11.8. The number of ether oxygens (including phenoxy) is 1. The van der Waals surface area contributed by atoms with Crippen molar-refractivity contribution in [1.29, 1.82) is 0 Å². The molecule has 14 heavy (non-hydrogen) atoms. The fourth-order valence-corrected chi connectivity index (χ4v) is 1.49. The molecule has 0 amide bonds. The molecule has 0 aromatic carbocycles. The maximum Gasteiger partial charge on any atom is 0.341 e. The molecule has 0 aliphatic carbocycles. The number of carboxylic acids is 1. The Labute approximate surface area is 97.7 Å². The predicted molar refractivity (Wildman–Crippen MR) is 52.3 cm³/mol. The Morgan fingerprint density at radius 1 is 1.57 bits per heavy atom. The Bertz CT molecular complexity index is 337. The summed E-state index contributed by atoms with van der Waals surface area (Å²) in [6.45, 7) is -0.505. The molecule has 0 spiro atoms. The number of hydrogen-bond donors (Lipinski definition) is 1. The minimum absolute atomic E-state index is 0.0344. The van der Waals surface area contributed by atoms with Gasteiger partial charge in [0.05, 0.1) is 0 Å². The van der Waals surface area contributed by atoms with Crippen LogP contribution in [-0.4, -0.2) is 27.0 Å². The third-order valence-corrected chi connectivity index (χ3v) is 2.12. The molecule has 1 heterocycles. The lowest BCUT2D eigenvalue weighted by molar-refractivity contribution is -0.139. The number of carbonyl (C=O) groups is 1. The second-order valence-electron chi connectivity index (χ2n) is 2.06. The second kappa shape index (κ2) is 4.48. The van der Waals surface area contributed by atoms with Crippen LogP contribution in [0.25, 0.3) is 0 Å². The number of nitrogens with zero attached hydrogens (tertiary/aromatic N) is 2. The smallest absolute Gasteiger partial charge is 0.341 e.